The Morgan fingerprint density at radius 3 is 2.85 bits per heavy atom. The van der Waals surface area contributed by atoms with E-state index in [0.717, 1.165) is 19.3 Å². The van der Waals surface area contributed by atoms with Gasteiger partial charge in [0.1, 0.15) is 5.60 Å². The second kappa shape index (κ2) is 3.83. The van der Waals surface area contributed by atoms with Gasteiger partial charge in [0.05, 0.1) is 0 Å². The first kappa shape index (κ1) is 10.1. The number of allylic oxidation sites excluding steroid dienone is 1. The van der Waals surface area contributed by atoms with Crippen molar-refractivity contribution in [3.63, 3.8) is 0 Å². The van der Waals surface area contributed by atoms with Crippen molar-refractivity contribution in [2.75, 3.05) is 0 Å². The summed E-state index contributed by atoms with van der Waals surface area (Å²) in [6.45, 7) is 6.36. The van der Waals surface area contributed by atoms with Gasteiger partial charge in [-0.3, -0.25) is 0 Å². The molecule has 0 aromatic heterocycles. The number of nitrogens with zero attached hydrogens (tertiary/aromatic N) is 1. The second-order valence-corrected chi connectivity index (χ2v) is 4.39. The van der Waals surface area contributed by atoms with Gasteiger partial charge < -0.3 is 4.74 Å². The Bertz CT molecular complexity index is 249. The molecule has 1 fully saturated rings. The van der Waals surface area contributed by atoms with Gasteiger partial charge in [0.25, 0.3) is 6.26 Å². The van der Waals surface area contributed by atoms with Crippen molar-refractivity contribution < 1.29 is 4.74 Å². The smallest absolute Gasteiger partial charge is 0.286 e. The molecule has 13 heavy (non-hydrogen) atoms. The van der Waals surface area contributed by atoms with E-state index in [1.807, 2.05) is 6.92 Å². The summed E-state index contributed by atoms with van der Waals surface area (Å²) in [4.78, 5) is 0. The normalized spacial score (nSPS) is 30.8. The molecule has 0 spiro atoms. The third kappa shape index (κ3) is 2.77. The fourth-order valence-corrected chi connectivity index (χ4v) is 1.89. The molecule has 0 aliphatic heterocycles. The summed E-state index contributed by atoms with van der Waals surface area (Å²) in [6, 6.07) is 0. The van der Waals surface area contributed by atoms with Crippen LogP contribution in [0.15, 0.2) is 11.6 Å². The molecule has 2 heteroatoms. The highest BCUT2D eigenvalue weighted by Gasteiger charge is 2.33. The van der Waals surface area contributed by atoms with Crippen LogP contribution in [-0.4, -0.2) is 5.60 Å². The summed E-state index contributed by atoms with van der Waals surface area (Å²) in [5.74, 6) is 0.597. The molecule has 1 aliphatic carbocycles. The minimum absolute atomic E-state index is 0.227. The molecule has 1 atom stereocenters. The van der Waals surface area contributed by atoms with Crippen LogP contribution in [0, 0.1) is 17.4 Å². The van der Waals surface area contributed by atoms with E-state index in [-0.39, 0.29) is 5.60 Å². The number of nitriles is 1. The first-order valence-corrected chi connectivity index (χ1v) is 4.82. The largest absolute Gasteiger partial charge is 0.421 e. The first-order valence-electron chi connectivity index (χ1n) is 4.82. The molecule has 0 N–H and O–H groups in total. The van der Waals surface area contributed by atoms with Crippen LogP contribution >= 0.6 is 0 Å². The van der Waals surface area contributed by atoms with Gasteiger partial charge in [-0.1, -0.05) is 25.5 Å². The van der Waals surface area contributed by atoms with Crippen LogP contribution in [0.25, 0.3) is 0 Å². The van der Waals surface area contributed by atoms with Crippen LogP contribution in [0.3, 0.4) is 0 Å². The lowest BCUT2D eigenvalue weighted by Gasteiger charge is -2.18. The van der Waals surface area contributed by atoms with Gasteiger partial charge in [-0.15, -0.1) is 0 Å². The highest BCUT2D eigenvalue weighted by molar-refractivity contribution is 5.14. The number of hydrogen-bond acceptors (Lipinski definition) is 2. The van der Waals surface area contributed by atoms with Gasteiger partial charge in [-0.2, -0.15) is 5.26 Å². The lowest BCUT2D eigenvalue weighted by molar-refractivity contribution is 0.0635. The third-order valence-corrected chi connectivity index (χ3v) is 2.44. The quantitative estimate of drug-likeness (QED) is 0.482. The van der Waals surface area contributed by atoms with E-state index in [9.17, 15) is 0 Å². The van der Waals surface area contributed by atoms with Gasteiger partial charge in [-0.05, 0) is 25.7 Å². The van der Waals surface area contributed by atoms with Crippen molar-refractivity contribution >= 4 is 0 Å². The van der Waals surface area contributed by atoms with Crippen molar-refractivity contribution in [1.29, 1.82) is 5.26 Å². The van der Waals surface area contributed by atoms with Crippen LogP contribution < -0.4 is 0 Å². The Balaban J connectivity index is 2.59. The summed E-state index contributed by atoms with van der Waals surface area (Å²) in [5.41, 5.74) is 1.21. The number of hydrogen-bond donors (Lipinski definition) is 0. The Kier molecular flexibility index (Phi) is 2.98. The summed E-state index contributed by atoms with van der Waals surface area (Å²) in [6.07, 6.45) is 7.05. The van der Waals surface area contributed by atoms with Gasteiger partial charge >= 0.3 is 0 Å². The van der Waals surface area contributed by atoms with Gasteiger partial charge in [0.15, 0.2) is 0 Å². The molecule has 0 heterocycles. The number of ether oxygens (including phenoxy) is 1. The standard InChI is InChI=1S/C11H17NO/c1-9(2)6-10-4-5-11(3,7-10)13-8-12/h6,9H,4-5,7H2,1-3H3/b10-6-. The van der Waals surface area contributed by atoms with Gasteiger partial charge in [0, 0.05) is 6.42 Å². The highest BCUT2D eigenvalue weighted by Crippen LogP contribution is 2.36. The van der Waals surface area contributed by atoms with E-state index in [4.69, 9.17) is 10.00 Å². The molecule has 0 bridgehead atoms. The predicted octanol–water partition coefficient (Wildman–Crippen LogP) is 3.01. The first-order chi connectivity index (χ1) is 6.06. The summed E-state index contributed by atoms with van der Waals surface area (Å²) in [7, 11) is 0. The van der Waals surface area contributed by atoms with E-state index in [1.54, 1.807) is 6.26 Å². The average Bonchev–Trinajstić information content (AvgIpc) is 2.31. The van der Waals surface area contributed by atoms with Crippen LogP contribution in [-0.2, 0) is 4.74 Å². The summed E-state index contributed by atoms with van der Waals surface area (Å²) < 4.78 is 5.07. The molecule has 1 saturated carbocycles. The van der Waals surface area contributed by atoms with Crippen molar-refractivity contribution in [3.05, 3.63) is 11.6 Å². The van der Waals surface area contributed by atoms with Crippen LogP contribution in [0.1, 0.15) is 40.0 Å². The minimum Gasteiger partial charge on any atom is -0.421 e. The maximum Gasteiger partial charge on any atom is 0.286 e. The zero-order valence-corrected chi connectivity index (χ0v) is 8.63. The molecular weight excluding hydrogens is 162 g/mol. The van der Waals surface area contributed by atoms with Gasteiger partial charge in [0.2, 0.25) is 0 Å². The third-order valence-electron chi connectivity index (χ3n) is 2.44. The molecule has 0 radical (unpaired) electrons. The van der Waals surface area contributed by atoms with Crippen molar-refractivity contribution in [2.24, 2.45) is 5.92 Å². The maximum atomic E-state index is 8.47. The van der Waals surface area contributed by atoms with Crippen LogP contribution in [0.5, 0.6) is 0 Å². The maximum absolute atomic E-state index is 8.47. The molecule has 0 saturated heterocycles. The summed E-state index contributed by atoms with van der Waals surface area (Å²) >= 11 is 0. The monoisotopic (exact) mass is 179 g/mol. The Morgan fingerprint density at radius 1 is 1.62 bits per heavy atom. The molecule has 0 aromatic carbocycles. The molecule has 1 rings (SSSR count). The van der Waals surface area contributed by atoms with Crippen molar-refractivity contribution in [3.8, 4) is 6.26 Å². The molecule has 1 unspecified atom stereocenters. The SMILES string of the molecule is CC(C)/C=C1/CCC(C)(OC#N)C1. The topological polar surface area (TPSA) is 33.0 Å². The van der Waals surface area contributed by atoms with E-state index >= 15 is 0 Å². The Morgan fingerprint density at radius 2 is 2.31 bits per heavy atom. The zero-order chi connectivity index (χ0) is 9.90. The Hall–Kier alpha value is -0.970. The van der Waals surface area contributed by atoms with Gasteiger partial charge in [-0.25, -0.2) is 0 Å². The van der Waals surface area contributed by atoms with Crippen molar-refractivity contribution in [2.45, 2.75) is 45.6 Å². The fourth-order valence-electron chi connectivity index (χ4n) is 1.89. The minimum atomic E-state index is -0.227. The van der Waals surface area contributed by atoms with E-state index in [0.29, 0.717) is 5.92 Å². The van der Waals surface area contributed by atoms with E-state index < -0.39 is 0 Å². The molecular formula is C11H17NO. The number of rotatable bonds is 2. The molecule has 72 valence electrons. The average molecular weight is 179 g/mol. The van der Waals surface area contributed by atoms with Crippen molar-refractivity contribution in [1.82, 2.24) is 0 Å². The lowest BCUT2D eigenvalue weighted by atomic mass is 10.0. The van der Waals surface area contributed by atoms with Crippen LogP contribution in [0.4, 0.5) is 0 Å². The summed E-state index contributed by atoms with van der Waals surface area (Å²) in [5, 5.41) is 8.47. The fraction of sp³-hybridized carbons (Fsp3) is 0.727. The van der Waals surface area contributed by atoms with Crippen LogP contribution in [0.2, 0.25) is 0 Å². The predicted molar refractivity (Wildman–Crippen MR) is 51.9 cm³/mol. The molecule has 1 aliphatic rings. The van der Waals surface area contributed by atoms with E-state index in [1.165, 1.54) is 5.57 Å². The molecule has 2 nitrogen and oxygen atoms in total. The zero-order valence-electron chi connectivity index (χ0n) is 8.63. The Labute approximate surface area is 80.2 Å². The molecule has 0 amide bonds. The molecule has 0 aromatic rings. The second-order valence-electron chi connectivity index (χ2n) is 4.39. The van der Waals surface area contributed by atoms with E-state index in [2.05, 4.69) is 19.9 Å². The highest BCUT2D eigenvalue weighted by atomic mass is 16.5. The lowest BCUT2D eigenvalue weighted by Crippen LogP contribution is -2.21.